The van der Waals surface area contributed by atoms with Crippen LogP contribution in [0.4, 0.5) is 0 Å². The second kappa shape index (κ2) is 19.8. The maximum absolute atomic E-state index is 11.9. The first-order valence-corrected chi connectivity index (χ1v) is 21.6. The van der Waals surface area contributed by atoms with E-state index in [1.165, 1.54) is 96.9 Å². The summed E-state index contributed by atoms with van der Waals surface area (Å²) in [6.45, 7) is 7.81. The molecular weight excluding hydrogens is 701 g/mol. The standard InChI is InChI=1S/C25H33NO3.C23H29NO3/c1-2-28-25(27)20-12-14-26(15-13-20)18-19-8-9-22-17-24(11-10-21(22)16-19)29-23-6-4-3-5-7-23;25-23(26)18-10-12-24(13-11-18)16-17-6-7-20-15-22(9-8-19(20)14-17)27-21-4-2-1-3-5-21/h8-11,16-17,20,23H,2-7,12-15,18H2,1H3;6-9,14-15,18,21H,1-5,10-13,16H2,(H,25,26). The van der Waals surface area contributed by atoms with Crippen molar-refractivity contribution >= 4 is 33.5 Å². The van der Waals surface area contributed by atoms with Gasteiger partial charge >= 0.3 is 11.9 Å². The van der Waals surface area contributed by atoms with Crippen LogP contribution in [0.2, 0.25) is 0 Å². The van der Waals surface area contributed by atoms with E-state index in [2.05, 4.69) is 82.6 Å². The maximum Gasteiger partial charge on any atom is 0.309 e. The van der Waals surface area contributed by atoms with Crippen molar-refractivity contribution < 1.29 is 28.9 Å². The Kier molecular flexibility index (Phi) is 14.2. The zero-order valence-corrected chi connectivity index (χ0v) is 33.5. The Bertz CT molecular complexity index is 1880. The fraction of sp³-hybridized carbons (Fsp3) is 0.542. The summed E-state index contributed by atoms with van der Waals surface area (Å²) >= 11 is 0. The van der Waals surface area contributed by atoms with E-state index in [9.17, 15) is 9.59 Å². The highest BCUT2D eigenvalue weighted by Gasteiger charge is 2.26. The topological polar surface area (TPSA) is 88.5 Å². The van der Waals surface area contributed by atoms with Gasteiger partial charge in [-0.15, -0.1) is 0 Å². The summed E-state index contributed by atoms with van der Waals surface area (Å²) in [7, 11) is 0. The number of carboxylic acids is 1. The maximum atomic E-state index is 11.9. The lowest BCUT2D eigenvalue weighted by molar-refractivity contribution is -0.149. The summed E-state index contributed by atoms with van der Waals surface area (Å²) < 4.78 is 17.6. The van der Waals surface area contributed by atoms with Gasteiger partial charge in [0, 0.05) is 13.1 Å². The van der Waals surface area contributed by atoms with Crippen molar-refractivity contribution in [2.45, 2.75) is 122 Å². The molecule has 1 N–H and O–H groups in total. The number of carboxylic acid groups (broad SMARTS) is 1. The van der Waals surface area contributed by atoms with Crippen molar-refractivity contribution in [2.75, 3.05) is 32.8 Å². The first-order chi connectivity index (χ1) is 27.4. The Balaban J connectivity index is 0.000000172. The second-order valence-electron chi connectivity index (χ2n) is 16.6. The minimum atomic E-state index is -0.647. The molecule has 0 aromatic heterocycles. The summed E-state index contributed by atoms with van der Waals surface area (Å²) in [6, 6.07) is 26.2. The number of ether oxygens (including phenoxy) is 3. The number of piperidine rings is 2. The number of esters is 1. The molecule has 0 amide bonds. The summed E-state index contributed by atoms with van der Waals surface area (Å²) in [5.74, 6) is 1.22. The highest BCUT2D eigenvalue weighted by Crippen LogP contribution is 2.30. The smallest absolute Gasteiger partial charge is 0.309 e. The number of nitrogens with zero attached hydrogens (tertiary/aromatic N) is 2. The van der Waals surface area contributed by atoms with Crippen molar-refractivity contribution in [1.29, 1.82) is 0 Å². The summed E-state index contributed by atoms with van der Waals surface area (Å²) in [5, 5.41) is 14.1. The number of benzene rings is 4. The zero-order chi connectivity index (χ0) is 38.7. The second-order valence-corrected chi connectivity index (χ2v) is 16.6. The van der Waals surface area contributed by atoms with E-state index < -0.39 is 5.97 Å². The van der Waals surface area contributed by atoms with Crippen LogP contribution >= 0.6 is 0 Å². The predicted molar refractivity (Wildman–Crippen MR) is 223 cm³/mol. The van der Waals surface area contributed by atoms with Gasteiger partial charge in [0.05, 0.1) is 30.7 Å². The Morgan fingerprint density at radius 2 is 0.964 bits per heavy atom. The molecule has 4 aromatic rings. The zero-order valence-electron chi connectivity index (χ0n) is 33.5. The predicted octanol–water partition coefficient (Wildman–Crippen LogP) is 10.2. The molecule has 0 atom stereocenters. The summed E-state index contributed by atoms with van der Waals surface area (Å²) in [5.41, 5.74) is 2.62. The Morgan fingerprint density at radius 1 is 0.554 bits per heavy atom. The fourth-order valence-corrected chi connectivity index (χ4v) is 9.08. The third-order valence-corrected chi connectivity index (χ3v) is 12.4. The number of hydrogen-bond donors (Lipinski definition) is 1. The third-order valence-electron chi connectivity index (χ3n) is 12.4. The molecule has 2 saturated heterocycles. The van der Waals surface area contributed by atoms with Gasteiger partial charge in [0.25, 0.3) is 0 Å². The van der Waals surface area contributed by atoms with E-state index in [1.807, 2.05) is 6.92 Å². The summed E-state index contributed by atoms with van der Waals surface area (Å²) in [4.78, 5) is 27.8. The van der Waals surface area contributed by atoms with Gasteiger partial charge in [0.2, 0.25) is 0 Å². The first-order valence-electron chi connectivity index (χ1n) is 21.6. The molecule has 0 radical (unpaired) electrons. The molecule has 4 fully saturated rings. The van der Waals surface area contributed by atoms with Crippen LogP contribution < -0.4 is 9.47 Å². The van der Waals surface area contributed by atoms with Crippen LogP contribution in [0.3, 0.4) is 0 Å². The molecule has 56 heavy (non-hydrogen) atoms. The molecule has 2 heterocycles. The molecule has 0 unspecified atom stereocenters. The van der Waals surface area contributed by atoms with Gasteiger partial charge in [-0.2, -0.15) is 0 Å². The lowest BCUT2D eigenvalue weighted by atomic mass is 9.96. The van der Waals surface area contributed by atoms with E-state index >= 15 is 0 Å². The number of aliphatic carboxylic acids is 1. The van der Waals surface area contributed by atoms with Crippen LogP contribution in [0.15, 0.2) is 72.8 Å². The highest BCUT2D eigenvalue weighted by molar-refractivity contribution is 5.85. The number of carbonyl (C=O) groups is 2. The monoisotopic (exact) mass is 762 g/mol. The first kappa shape index (κ1) is 40.1. The van der Waals surface area contributed by atoms with Gasteiger partial charge in [-0.25, -0.2) is 0 Å². The van der Waals surface area contributed by atoms with Crippen molar-refractivity contribution in [1.82, 2.24) is 9.80 Å². The Hall–Kier alpha value is -4.14. The SMILES string of the molecule is CCOC(=O)C1CCN(Cc2ccc3cc(OC4CCCCC4)ccc3c2)CC1.O=C(O)C1CCN(Cc2ccc3cc(OC4CCCCC4)ccc3c2)CC1. The average molecular weight is 763 g/mol. The van der Waals surface area contributed by atoms with E-state index in [4.69, 9.17) is 19.3 Å². The molecule has 300 valence electrons. The lowest BCUT2D eigenvalue weighted by Gasteiger charge is -2.30. The van der Waals surface area contributed by atoms with Crippen LogP contribution in [0.1, 0.15) is 108 Å². The molecule has 2 saturated carbocycles. The van der Waals surface area contributed by atoms with Crippen LogP contribution in [-0.4, -0.2) is 71.8 Å². The van der Waals surface area contributed by atoms with Crippen LogP contribution in [0.5, 0.6) is 11.5 Å². The summed E-state index contributed by atoms with van der Waals surface area (Å²) in [6.07, 6.45) is 16.6. The number of rotatable bonds is 11. The lowest BCUT2D eigenvalue weighted by Crippen LogP contribution is -2.36. The number of hydrogen-bond acceptors (Lipinski definition) is 7. The van der Waals surface area contributed by atoms with Crippen LogP contribution in [0, 0.1) is 11.8 Å². The highest BCUT2D eigenvalue weighted by atomic mass is 16.5. The van der Waals surface area contributed by atoms with E-state index in [-0.39, 0.29) is 17.8 Å². The van der Waals surface area contributed by atoms with Gasteiger partial charge in [-0.3, -0.25) is 19.4 Å². The van der Waals surface area contributed by atoms with Crippen molar-refractivity contribution in [3.05, 3.63) is 83.9 Å². The number of likely N-dealkylation sites (tertiary alicyclic amines) is 2. The van der Waals surface area contributed by atoms with Crippen LogP contribution in [-0.2, 0) is 27.4 Å². The van der Waals surface area contributed by atoms with Crippen molar-refractivity contribution in [2.24, 2.45) is 11.8 Å². The Morgan fingerprint density at radius 3 is 1.39 bits per heavy atom. The number of carbonyl (C=O) groups excluding carboxylic acids is 1. The molecule has 8 rings (SSSR count). The normalized spacial score (nSPS) is 19.7. The Labute approximate surface area is 333 Å². The van der Waals surface area contributed by atoms with Crippen molar-refractivity contribution in [3.63, 3.8) is 0 Å². The molecule has 0 bridgehead atoms. The minimum Gasteiger partial charge on any atom is -0.490 e. The molecule has 4 aromatic carbocycles. The van der Waals surface area contributed by atoms with Gasteiger partial charge in [-0.1, -0.05) is 49.2 Å². The largest absolute Gasteiger partial charge is 0.490 e. The molecule has 4 aliphatic rings. The molecule has 0 spiro atoms. The van der Waals surface area contributed by atoms with Gasteiger partial charge in [0.15, 0.2) is 0 Å². The van der Waals surface area contributed by atoms with Gasteiger partial charge in [-0.05, 0) is 179 Å². The quantitative estimate of drug-likeness (QED) is 0.151. The fourth-order valence-electron chi connectivity index (χ4n) is 9.08. The van der Waals surface area contributed by atoms with Gasteiger partial charge < -0.3 is 19.3 Å². The van der Waals surface area contributed by atoms with Gasteiger partial charge in [0.1, 0.15) is 11.5 Å². The third kappa shape index (κ3) is 11.3. The minimum absolute atomic E-state index is 0.0240. The van der Waals surface area contributed by atoms with E-state index in [0.29, 0.717) is 18.8 Å². The van der Waals surface area contributed by atoms with E-state index in [1.54, 1.807) is 0 Å². The van der Waals surface area contributed by atoms with Crippen molar-refractivity contribution in [3.8, 4) is 11.5 Å². The van der Waals surface area contributed by atoms with E-state index in [0.717, 1.165) is 76.5 Å². The average Bonchev–Trinajstić information content (AvgIpc) is 3.22. The number of fused-ring (bicyclic) bond motifs is 2. The van der Waals surface area contributed by atoms with Crippen LogP contribution in [0.25, 0.3) is 21.5 Å². The molecule has 2 aliphatic carbocycles. The molecule has 8 heteroatoms. The molecule has 8 nitrogen and oxygen atoms in total. The molecular formula is C48H62N2O6. The molecule has 2 aliphatic heterocycles.